The van der Waals surface area contributed by atoms with Gasteiger partial charge in [-0.1, -0.05) is 12.1 Å². The highest BCUT2D eigenvalue weighted by molar-refractivity contribution is 5.85. The smallest absolute Gasteiger partial charge is 0.0721 e. The zero-order valence-electron chi connectivity index (χ0n) is 9.82. The molecule has 0 amide bonds. The maximum atomic E-state index is 6.23. The van der Waals surface area contributed by atoms with Gasteiger partial charge in [0.15, 0.2) is 0 Å². The average molecular weight is 252 g/mol. The number of ether oxygens (including phenoxy) is 1. The van der Waals surface area contributed by atoms with Gasteiger partial charge in [0, 0.05) is 0 Å². The van der Waals surface area contributed by atoms with Crippen LogP contribution in [0.1, 0.15) is 59.4 Å². The fraction of sp³-hybridized carbons (Fsp3) is 0.571. The summed E-state index contributed by atoms with van der Waals surface area (Å²) in [5.74, 6) is 1.64. The van der Waals surface area contributed by atoms with Crippen LogP contribution < -0.4 is 5.73 Å². The van der Waals surface area contributed by atoms with Crippen LogP contribution in [0.5, 0.6) is 0 Å². The molecule has 1 fully saturated rings. The lowest BCUT2D eigenvalue weighted by atomic mass is 9.83. The molecule has 17 heavy (non-hydrogen) atoms. The first-order valence-electron chi connectivity index (χ1n) is 6.33. The van der Waals surface area contributed by atoms with Gasteiger partial charge in [-0.2, -0.15) is 0 Å². The molecule has 3 atom stereocenters. The second kappa shape index (κ2) is 3.98. The summed E-state index contributed by atoms with van der Waals surface area (Å²) in [6, 6.07) is 4.69. The van der Waals surface area contributed by atoms with E-state index in [0.717, 1.165) is 18.4 Å². The van der Waals surface area contributed by atoms with E-state index in [-0.39, 0.29) is 18.4 Å². The molecule has 92 valence electrons. The molecule has 4 rings (SSSR count). The van der Waals surface area contributed by atoms with E-state index >= 15 is 0 Å². The Morgan fingerprint density at radius 2 is 1.94 bits per heavy atom. The van der Waals surface area contributed by atoms with Crippen LogP contribution in [0.2, 0.25) is 0 Å². The molecule has 1 saturated carbocycles. The van der Waals surface area contributed by atoms with Gasteiger partial charge in [0.1, 0.15) is 0 Å². The lowest BCUT2D eigenvalue weighted by molar-refractivity contribution is 0.0918. The number of fused-ring (bicyclic) bond motifs is 7. The Bertz CT molecular complexity index is 460. The van der Waals surface area contributed by atoms with Gasteiger partial charge in [-0.05, 0) is 53.4 Å². The molecule has 3 unspecified atom stereocenters. The fourth-order valence-electron chi connectivity index (χ4n) is 3.98. The summed E-state index contributed by atoms with van der Waals surface area (Å²) >= 11 is 0. The predicted molar refractivity (Wildman–Crippen MR) is 69.6 cm³/mol. The molecular weight excluding hydrogens is 234 g/mol. The van der Waals surface area contributed by atoms with Crippen molar-refractivity contribution >= 4 is 12.4 Å². The first kappa shape index (κ1) is 11.5. The number of nitrogens with two attached hydrogens (primary N) is 1. The topological polar surface area (TPSA) is 35.2 Å². The summed E-state index contributed by atoms with van der Waals surface area (Å²) in [6.45, 7) is 1.45. The van der Waals surface area contributed by atoms with E-state index in [9.17, 15) is 0 Å². The Hall–Kier alpha value is -0.570. The third-order valence-corrected chi connectivity index (χ3v) is 4.62. The van der Waals surface area contributed by atoms with Crippen molar-refractivity contribution < 1.29 is 4.74 Å². The molecular formula is C14H18ClNO. The molecule has 2 aliphatic carbocycles. The van der Waals surface area contributed by atoms with Gasteiger partial charge in [0.05, 0.1) is 19.3 Å². The minimum absolute atomic E-state index is 0. The van der Waals surface area contributed by atoms with Crippen molar-refractivity contribution in [2.24, 2.45) is 5.73 Å². The molecule has 1 aromatic rings. The zero-order chi connectivity index (χ0) is 10.7. The van der Waals surface area contributed by atoms with Crippen molar-refractivity contribution in [3.05, 3.63) is 34.4 Å². The zero-order valence-corrected chi connectivity index (χ0v) is 10.6. The van der Waals surface area contributed by atoms with Gasteiger partial charge in [0.25, 0.3) is 0 Å². The lowest BCUT2D eigenvalue weighted by Crippen LogP contribution is -2.26. The quantitative estimate of drug-likeness (QED) is 0.769. The van der Waals surface area contributed by atoms with E-state index in [4.69, 9.17) is 10.5 Å². The number of hydrogen-bond donors (Lipinski definition) is 1. The predicted octanol–water partition coefficient (Wildman–Crippen LogP) is 3.00. The molecule has 2 N–H and O–H groups in total. The lowest BCUT2D eigenvalue weighted by Gasteiger charge is -2.29. The molecule has 0 aromatic heterocycles. The highest BCUT2D eigenvalue weighted by atomic mass is 35.5. The average Bonchev–Trinajstić information content (AvgIpc) is 2.89. The maximum absolute atomic E-state index is 6.23. The largest absolute Gasteiger partial charge is 0.375 e. The summed E-state index contributed by atoms with van der Waals surface area (Å²) in [6.07, 6.45) is 4.14. The Balaban J connectivity index is 0.000000902. The summed E-state index contributed by atoms with van der Waals surface area (Å²) in [4.78, 5) is 0. The van der Waals surface area contributed by atoms with Gasteiger partial charge in [-0.15, -0.1) is 12.4 Å². The van der Waals surface area contributed by atoms with Crippen LogP contribution in [0.4, 0.5) is 0 Å². The van der Waals surface area contributed by atoms with Crippen LogP contribution in [0, 0.1) is 0 Å². The highest BCUT2D eigenvalue weighted by Gasteiger charge is 2.40. The van der Waals surface area contributed by atoms with E-state index in [2.05, 4.69) is 12.1 Å². The van der Waals surface area contributed by atoms with Crippen molar-refractivity contribution in [3.8, 4) is 0 Å². The SMILES string of the molecule is Cl.NC1COCc2ccc3c(c21)C1CCC3C1. The van der Waals surface area contributed by atoms with Gasteiger partial charge < -0.3 is 10.5 Å². The number of halogens is 1. The van der Waals surface area contributed by atoms with E-state index in [1.54, 1.807) is 11.1 Å². The van der Waals surface area contributed by atoms with Gasteiger partial charge in [0.2, 0.25) is 0 Å². The highest BCUT2D eigenvalue weighted by Crippen LogP contribution is 2.55. The first-order chi connectivity index (χ1) is 7.84. The minimum Gasteiger partial charge on any atom is -0.375 e. The molecule has 3 aliphatic rings. The summed E-state index contributed by atoms with van der Waals surface area (Å²) < 4.78 is 5.52. The van der Waals surface area contributed by atoms with Gasteiger partial charge in [-0.3, -0.25) is 0 Å². The van der Waals surface area contributed by atoms with Crippen LogP contribution in [0.15, 0.2) is 12.1 Å². The number of hydrogen-bond acceptors (Lipinski definition) is 2. The second-order valence-corrected chi connectivity index (χ2v) is 5.47. The number of rotatable bonds is 0. The summed E-state index contributed by atoms with van der Waals surface area (Å²) in [7, 11) is 0. The van der Waals surface area contributed by atoms with Crippen LogP contribution in [-0.2, 0) is 11.3 Å². The van der Waals surface area contributed by atoms with Crippen LogP contribution in [0.3, 0.4) is 0 Å². The normalized spacial score (nSPS) is 32.9. The number of benzene rings is 1. The molecule has 1 aromatic carbocycles. The molecule has 2 bridgehead atoms. The minimum atomic E-state index is 0. The standard InChI is InChI=1S/C14H17NO.ClH/c15-12-7-16-6-10-3-4-11-8-1-2-9(5-8)13(11)14(10)12;/h3-4,8-9,12H,1-2,5-7,15H2;1H. The Morgan fingerprint density at radius 1 is 1.12 bits per heavy atom. The van der Waals surface area contributed by atoms with E-state index in [0.29, 0.717) is 6.61 Å². The van der Waals surface area contributed by atoms with Crippen LogP contribution >= 0.6 is 12.4 Å². The monoisotopic (exact) mass is 251 g/mol. The van der Waals surface area contributed by atoms with Crippen LogP contribution in [-0.4, -0.2) is 6.61 Å². The molecule has 0 spiro atoms. The third-order valence-electron chi connectivity index (χ3n) is 4.62. The van der Waals surface area contributed by atoms with Crippen molar-refractivity contribution in [2.45, 2.75) is 43.7 Å². The van der Waals surface area contributed by atoms with Crippen molar-refractivity contribution in [2.75, 3.05) is 6.61 Å². The Morgan fingerprint density at radius 3 is 2.82 bits per heavy atom. The molecule has 0 saturated heterocycles. The second-order valence-electron chi connectivity index (χ2n) is 5.47. The Labute approximate surface area is 108 Å². The molecule has 1 heterocycles. The van der Waals surface area contributed by atoms with Crippen molar-refractivity contribution in [1.82, 2.24) is 0 Å². The summed E-state index contributed by atoms with van der Waals surface area (Å²) in [5.41, 5.74) is 12.2. The third kappa shape index (κ3) is 1.48. The maximum Gasteiger partial charge on any atom is 0.0721 e. The first-order valence-corrected chi connectivity index (χ1v) is 6.33. The van der Waals surface area contributed by atoms with Gasteiger partial charge in [-0.25, -0.2) is 0 Å². The van der Waals surface area contributed by atoms with E-state index in [1.165, 1.54) is 30.4 Å². The summed E-state index contributed by atoms with van der Waals surface area (Å²) in [5, 5.41) is 0. The van der Waals surface area contributed by atoms with Crippen molar-refractivity contribution in [1.29, 1.82) is 0 Å². The molecule has 1 aliphatic heterocycles. The Kier molecular flexibility index (Phi) is 2.69. The molecule has 3 heteroatoms. The van der Waals surface area contributed by atoms with Gasteiger partial charge >= 0.3 is 0 Å². The molecule has 2 nitrogen and oxygen atoms in total. The van der Waals surface area contributed by atoms with E-state index in [1.807, 2.05) is 0 Å². The fourth-order valence-corrected chi connectivity index (χ4v) is 3.98. The van der Waals surface area contributed by atoms with Crippen molar-refractivity contribution in [3.63, 3.8) is 0 Å². The molecule has 0 radical (unpaired) electrons. The van der Waals surface area contributed by atoms with Crippen LogP contribution in [0.25, 0.3) is 0 Å². The van der Waals surface area contributed by atoms with E-state index < -0.39 is 0 Å².